The van der Waals surface area contributed by atoms with Crippen LogP contribution in [0.3, 0.4) is 0 Å². The first-order valence-corrected chi connectivity index (χ1v) is 8.11. The van der Waals surface area contributed by atoms with Crippen LogP contribution in [-0.4, -0.2) is 78.4 Å². The summed E-state index contributed by atoms with van der Waals surface area (Å²) in [5.41, 5.74) is 5.42. The highest BCUT2D eigenvalue weighted by molar-refractivity contribution is 5.79. The lowest BCUT2D eigenvalue weighted by molar-refractivity contribution is -0.137. The summed E-state index contributed by atoms with van der Waals surface area (Å²) >= 11 is 0. The molecule has 6 heteroatoms. The Labute approximate surface area is 127 Å². The summed E-state index contributed by atoms with van der Waals surface area (Å²) in [6.07, 6.45) is 3.89. The zero-order valence-corrected chi connectivity index (χ0v) is 13.1. The molecule has 120 valence electrons. The number of piperidine rings is 1. The average molecular weight is 296 g/mol. The number of carbonyl (C=O) groups excluding carboxylic acids is 2. The minimum absolute atomic E-state index is 0.133. The van der Waals surface area contributed by atoms with Crippen molar-refractivity contribution < 1.29 is 9.59 Å². The molecule has 0 aromatic carbocycles. The Hall–Kier alpha value is -1.14. The molecule has 0 bridgehead atoms. The van der Waals surface area contributed by atoms with Crippen molar-refractivity contribution in [1.29, 1.82) is 0 Å². The zero-order chi connectivity index (χ0) is 15.2. The van der Waals surface area contributed by atoms with Gasteiger partial charge in [-0.2, -0.15) is 0 Å². The fourth-order valence-corrected chi connectivity index (χ4v) is 3.19. The van der Waals surface area contributed by atoms with Crippen molar-refractivity contribution in [2.75, 3.05) is 45.8 Å². The first-order chi connectivity index (χ1) is 10.1. The van der Waals surface area contributed by atoms with Crippen LogP contribution in [0.4, 0.5) is 0 Å². The van der Waals surface area contributed by atoms with Crippen molar-refractivity contribution in [3.8, 4) is 0 Å². The summed E-state index contributed by atoms with van der Waals surface area (Å²) in [4.78, 5) is 30.2. The van der Waals surface area contributed by atoms with Crippen molar-refractivity contribution in [2.45, 2.75) is 38.6 Å². The van der Waals surface area contributed by atoms with Crippen molar-refractivity contribution >= 4 is 11.8 Å². The van der Waals surface area contributed by atoms with Crippen LogP contribution in [0, 0.1) is 0 Å². The van der Waals surface area contributed by atoms with Gasteiger partial charge in [0.1, 0.15) is 0 Å². The van der Waals surface area contributed by atoms with Gasteiger partial charge in [0.05, 0.1) is 6.54 Å². The Morgan fingerprint density at radius 3 is 2.38 bits per heavy atom. The molecule has 2 saturated heterocycles. The van der Waals surface area contributed by atoms with E-state index in [1.54, 1.807) is 0 Å². The summed E-state index contributed by atoms with van der Waals surface area (Å²) in [5, 5.41) is 0. The maximum absolute atomic E-state index is 12.4. The first-order valence-electron chi connectivity index (χ1n) is 8.11. The summed E-state index contributed by atoms with van der Waals surface area (Å²) in [6, 6.07) is 0.374. The van der Waals surface area contributed by atoms with Crippen LogP contribution >= 0.6 is 0 Å². The fraction of sp³-hybridized carbons (Fsp3) is 0.867. The number of hydrogen-bond acceptors (Lipinski definition) is 4. The van der Waals surface area contributed by atoms with Crippen LogP contribution in [0.5, 0.6) is 0 Å². The van der Waals surface area contributed by atoms with Gasteiger partial charge in [-0.25, -0.2) is 0 Å². The van der Waals surface area contributed by atoms with Gasteiger partial charge in [0.15, 0.2) is 0 Å². The maximum atomic E-state index is 12.4. The highest BCUT2D eigenvalue weighted by atomic mass is 16.2. The van der Waals surface area contributed by atoms with Gasteiger partial charge in [-0.05, 0) is 26.2 Å². The van der Waals surface area contributed by atoms with Crippen LogP contribution in [0.15, 0.2) is 0 Å². The minimum atomic E-state index is 0.133. The number of nitrogens with zero attached hydrogens (tertiary/aromatic N) is 3. The number of nitrogens with two attached hydrogens (primary N) is 1. The predicted octanol–water partition coefficient (Wildman–Crippen LogP) is -0.120. The summed E-state index contributed by atoms with van der Waals surface area (Å²) < 4.78 is 0. The monoisotopic (exact) mass is 296 g/mol. The van der Waals surface area contributed by atoms with E-state index >= 15 is 0 Å². The average Bonchev–Trinajstić information content (AvgIpc) is 2.48. The Balaban J connectivity index is 1.75. The van der Waals surface area contributed by atoms with Crippen LogP contribution in [0.25, 0.3) is 0 Å². The van der Waals surface area contributed by atoms with E-state index in [1.165, 1.54) is 6.42 Å². The van der Waals surface area contributed by atoms with Gasteiger partial charge >= 0.3 is 0 Å². The topological polar surface area (TPSA) is 69.9 Å². The molecule has 21 heavy (non-hydrogen) atoms. The lowest BCUT2D eigenvalue weighted by Crippen LogP contribution is -2.53. The second kappa shape index (κ2) is 7.75. The fourth-order valence-electron chi connectivity index (χ4n) is 3.19. The van der Waals surface area contributed by atoms with E-state index < -0.39 is 0 Å². The van der Waals surface area contributed by atoms with E-state index in [1.807, 2.05) is 9.80 Å². The van der Waals surface area contributed by atoms with Gasteiger partial charge in [-0.15, -0.1) is 0 Å². The molecule has 0 saturated carbocycles. The van der Waals surface area contributed by atoms with E-state index in [2.05, 4.69) is 11.8 Å². The third-order valence-electron chi connectivity index (χ3n) is 4.57. The van der Waals surface area contributed by atoms with Gasteiger partial charge < -0.3 is 15.5 Å². The second-order valence-corrected chi connectivity index (χ2v) is 6.13. The van der Waals surface area contributed by atoms with Crippen molar-refractivity contribution in [3.05, 3.63) is 0 Å². The third-order valence-corrected chi connectivity index (χ3v) is 4.57. The van der Waals surface area contributed by atoms with E-state index in [-0.39, 0.29) is 11.8 Å². The predicted molar refractivity (Wildman–Crippen MR) is 81.7 cm³/mol. The quantitative estimate of drug-likeness (QED) is 0.785. The van der Waals surface area contributed by atoms with Crippen LogP contribution in [-0.2, 0) is 9.59 Å². The molecule has 0 aliphatic carbocycles. The lowest BCUT2D eigenvalue weighted by atomic mass is 10.0. The summed E-state index contributed by atoms with van der Waals surface area (Å²) in [7, 11) is 0. The molecule has 6 nitrogen and oxygen atoms in total. The molecular formula is C15H28N4O2. The molecule has 2 aliphatic heterocycles. The molecule has 0 aromatic rings. The summed E-state index contributed by atoms with van der Waals surface area (Å²) in [5.74, 6) is 0.372. The third kappa shape index (κ3) is 4.41. The van der Waals surface area contributed by atoms with Crippen LogP contribution in [0.2, 0.25) is 0 Å². The molecule has 2 amide bonds. The maximum Gasteiger partial charge on any atom is 0.236 e. The largest absolute Gasteiger partial charge is 0.340 e. The Morgan fingerprint density at radius 2 is 1.76 bits per heavy atom. The normalized spacial score (nSPS) is 24.2. The Morgan fingerprint density at radius 1 is 1.05 bits per heavy atom. The SMILES string of the molecule is CC1CCCCN1C(=O)CN1CCN(C(=O)CCN)CC1. The molecular weight excluding hydrogens is 268 g/mol. The van der Waals surface area contributed by atoms with E-state index in [0.29, 0.717) is 38.6 Å². The van der Waals surface area contributed by atoms with Gasteiger partial charge in [0.25, 0.3) is 0 Å². The molecule has 0 spiro atoms. The highest BCUT2D eigenvalue weighted by Gasteiger charge is 2.27. The second-order valence-electron chi connectivity index (χ2n) is 6.13. The van der Waals surface area contributed by atoms with Gasteiger partial charge in [-0.3, -0.25) is 14.5 Å². The molecule has 2 heterocycles. The van der Waals surface area contributed by atoms with Crippen molar-refractivity contribution in [2.24, 2.45) is 5.73 Å². The first kappa shape index (κ1) is 16.2. The number of rotatable bonds is 4. The lowest BCUT2D eigenvalue weighted by Gasteiger charge is -2.38. The summed E-state index contributed by atoms with van der Waals surface area (Å²) in [6.45, 7) is 6.92. The molecule has 2 N–H and O–H groups in total. The molecule has 2 fully saturated rings. The number of hydrogen-bond donors (Lipinski definition) is 1. The van der Waals surface area contributed by atoms with E-state index in [0.717, 1.165) is 32.5 Å². The Bertz CT molecular complexity index is 367. The van der Waals surface area contributed by atoms with Crippen molar-refractivity contribution in [1.82, 2.24) is 14.7 Å². The molecule has 0 radical (unpaired) electrons. The minimum Gasteiger partial charge on any atom is -0.340 e. The zero-order valence-electron chi connectivity index (χ0n) is 13.1. The van der Waals surface area contributed by atoms with Gasteiger partial charge in [0.2, 0.25) is 11.8 Å². The van der Waals surface area contributed by atoms with E-state index in [4.69, 9.17) is 5.73 Å². The molecule has 1 unspecified atom stereocenters. The van der Waals surface area contributed by atoms with Gasteiger partial charge in [0, 0.05) is 51.7 Å². The molecule has 2 aliphatic rings. The van der Waals surface area contributed by atoms with E-state index in [9.17, 15) is 9.59 Å². The Kier molecular flexibility index (Phi) is 5.99. The number of amides is 2. The van der Waals surface area contributed by atoms with Crippen LogP contribution < -0.4 is 5.73 Å². The molecule has 1 atom stereocenters. The highest BCUT2D eigenvalue weighted by Crippen LogP contribution is 2.17. The molecule has 0 aromatic heterocycles. The van der Waals surface area contributed by atoms with Crippen molar-refractivity contribution in [3.63, 3.8) is 0 Å². The van der Waals surface area contributed by atoms with Gasteiger partial charge in [-0.1, -0.05) is 0 Å². The smallest absolute Gasteiger partial charge is 0.236 e. The van der Waals surface area contributed by atoms with Crippen LogP contribution in [0.1, 0.15) is 32.6 Å². The number of piperazine rings is 1. The standard InChI is InChI=1S/C15H28N4O2/c1-13-4-2-3-7-19(13)15(21)12-17-8-10-18(11-9-17)14(20)5-6-16/h13H,2-12,16H2,1H3. The molecule has 2 rings (SSSR count). The number of likely N-dealkylation sites (tertiary alicyclic amines) is 1. The number of carbonyl (C=O) groups is 2.